The van der Waals surface area contributed by atoms with E-state index in [4.69, 9.17) is 22.1 Å². The molecule has 0 atom stereocenters. The Labute approximate surface area is 117 Å². The number of amides is 1. The molecule has 2 rings (SSSR count). The second kappa shape index (κ2) is 6.75. The molecule has 0 radical (unpaired) electrons. The second-order valence-electron chi connectivity index (χ2n) is 4.45. The van der Waals surface area contributed by atoms with Crippen LogP contribution in [0.5, 0.6) is 0 Å². The van der Waals surface area contributed by atoms with Crippen LogP contribution in [-0.4, -0.2) is 50.2 Å². The normalized spacial score (nSPS) is 16.3. The molecule has 3 N–H and O–H groups in total. The van der Waals surface area contributed by atoms with Gasteiger partial charge >= 0.3 is 0 Å². The molecule has 0 saturated carbocycles. The van der Waals surface area contributed by atoms with Gasteiger partial charge in [-0.15, -0.1) is 0 Å². The summed E-state index contributed by atoms with van der Waals surface area (Å²) in [5.41, 5.74) is 6.61. The molecule has 19 heavy (non-hydrogen) atoms. The molecule has 1 saturated heterocycles. The molecule has 1 aliphatic rings. The Balaban J connectivity index is 1.78. The maximum absolute atomic E-state index is 11.9. The quantitative estimate of drug-likeness (QED) is 0.809. The molecule has 1 fully saturated rings. The number of nitrogens with one attached hydrogen (secondary N) is 1. The molecule has 0 unspecified atom stereocenters. The number of anilines is 1. The van der Waals surface area contributed by atoms with Gasteiger partial charge in [-0.05, 0) is 18.2 Å². The molecular formula is C13H18ClN3O2. The lowest BCUT2D eigenvalue weighted by molar-refractivity contribution is 0.0383. The molecule has 1 aliphatic heterocycles. The summed E-state index contributed by atoms with van der Waals surface area (Å²) in [5.74, 6) is -0.129. The molecule has 0 spiro atoms. The number of nitrogens with zero attached hydrogens (tertiary/aromatic N) is 1. The van der Waals surface area contributed by atoms with Crippen LogP contribution in [0, 0.1) is 0 Å². The topological polar surface area (TPSA) is 67.6 Å². The van der Waals surface area contributed by atoms with Crippen LogP contribution in [0.15, 0.2) is 18.2 Å². The highest BCUT2D eigenvalue weighted by Gasteiger charge is 2.11. The van der Waals surface area contributed by atoms with Crippen molar-refractivity contribution in [2.45, 2.75) is 0 Å². The van der Waals surface area contributed by atoms with Crippen LogP contribution in [-0.2, 0) is 4.74 Å². The SMILES string of the molecule is Nc1ccc(C(=O)NCCN2CCOCC2)cc1Cl. The van der Waals surface area contributed by atoms with E-state index < -0.39 is 0 Å². The Bertz CT molecular complexity index is 448. The minimum atomic E-state index is -0.129. The summed E-state index contributed by atoms with van der Waals surface area (Å²) >= 11 is 5.89. The number of ether oxygens (including phenoxy) is 1. The Morgan fingerprint density at radius 1 is 1.42 bits per heavy atom. The average Bonchev–Trinajstić information content (AvgIpc) is 2.43. The van der Waals surface area contributed by atoms with E-state index in [1.54, 1.807) is 18.2 Å². The molecule has 6 heteroatoms. The van der Waals surface area contributed by atoms with E-state index in [0.717, 1.165) is 32.8 Å². The van der Waals surface area contributed by atoms with E-state index in [1.807, 2.05) is 0 Å². The number of nitrogens with two attached hydrogens (primary N) is 1. The molecule has 0 bridgehead atoms. The Morgan fingerprint density at radius 3 is 2.84 bits per heavy atom. The molecule has 1 heterocycles. The molecule has 104 valence electrons. The van der Waals surface area contributed by atoms with Gasteiger partial charge in [-0.1, -0.05) is 11.6 Å². The van der Waals surface area contributed by atoms with Crippen LogP contribution in [0.2, 0.25) is 5.02 Å². The number of carbonyl (C=O) groups is 1. The van der Waals surface area contributed by atoms with Gasteiger partial charge in [-0.3, -0.25) is 9.69 Å². The van der Waals surface area contributed by atoms with Crippen LogP contribution < -0.4 is 11.1 Å². The number of benzene rings is 1. The summed E-state index contributed by atoms with van der Waals surface area (Å²) < 4.78 is 5.27. The van der Waals surface area contributed by atoms with Gasteiger partial charge in [-0.25, -0.2) is 0 Å². The summed E-state index contributed by atoms with van der Waals surface area (Å²) in [6, 6.07) is 4.89. The maximum atomic E-state index is 11.9. The van der Waals surface area contributed by atoms with E-state index in [0.29, 0.717) is 22.8 Å². The monoisotopic (exact) mass is 283 g/mol. The van der Waals surface area contributed by atoms with Crippen LogP contribution in [0.25, 0.3) is 0 Å². The van der Waals surface area contributed by atoms with Crippen LogP contribution in [0.4, 0.5) is 5.69 Å². The van der Waals surface area contributed by atoms with Crippen molar-refractivity contribution >= 4 is 23.2 Å². The molecule has 5 nitrogen and oxygen atoms in total. The summed E-state index contributed by atoms with van der Waals surface area (Å²) in [5, 5.41) is 3.28. The molecule has 1 aromatic carbocycles. The predicted octanol–water partition coefficient (Wildman–Crippen LogP) is 0.984. The maximum Gasteiger partial charge on any atom is 0.251 e. The van der Waals surface area contributed by atoms with E-state index >= 15 is 0 Å². The number of nitrogen functional groups attached to an aromatic ring is 1. The van der Waals surface area contributed by atoms with Gasteiger partial charge < -0.3 is 15.8 Å². The lowest BCUT2D eigenvalue weighted by Crippen LogP contribution is -2.41. The fourth-order valence-electron chi connectivity index (χ4n) is 1.92. The first-order valence-electron chi connectivity index (χ1n) is 6.30. The van der Waals surface area contributed by atoms with E-state index in [-0.39, 0.29) is 5.91 Å². The van der Waals surface area contributed by atoms with Crippen LogP contribution >= 0.6 is 11.6 Å². The zero-order chi connectivity index (χ0) is 13.7. The van der Waals surface area contributed by atoms with Gasteiger partial charge in [0, 0.05) is 31.7 Å². The van der Waals surface area contributed by atoms with Crippen molar-refractivity contribution in [3.63, 3.8) is 0 Å². The Hall–Kier alpha value is -1.30. The van der Waals surface area contributed by atoms with Gasteiger partial charge in [0.05, 0.1) is 23.9 Å². The Kier molecular flexibility index (Phi) is 5.01. The van der Waals surface area contributed by atoms with Crippen molar-refractivity contribution in [3.8, 4) is 0 Å². The highest BCUT2D eigenvalue weighted by atomic mass is 35.5. The number of morpholine rings is 1. The third kappa shape index (κ3) is 4.09. The first-order chi connectivity index (χ1) is 9.16. The lowest BCUT2D eigenvalue weighted by Gasteiger charge is -2.26. The minimum Gasteiger partial charge on any atom is -0.398 e. The van der Waals surface area contributed by atoms with Crippen LogP contribution in [0.3, 0.4) is 0 Å². The highest BCUT2D eigenvalue weighted by molar-refractivity contribution is 6.33. The van der Waals surface area contributed by atoms with Crippen molar-refractivity contribution in [3.05, 3.63) is 28.8 Å². The largest absolute Gasteiger partial charge is 0.398 e. The van der Waals surface area contributed by atoms with Crippen molar-refractivity contribution in [1.82, 2.24) is 10.2 Å². The molecule has 1 amide bonds. The first kappa shape index (κ1) is 14.1. The van der Waals surface area contributed by atoms with E-state index in [1.165, 1.54) is 0 Å². The van der Waals surface area contributed by atoms with Crippen LogP contribution in [0.1, 0.15) is 10.4 Å². The summed E-state index contributed by atoms with van der Waals surface area (Å²) in [6.45, 7) is 4.81. The fraction of sp³-hybridized carbons (Fsp3) is 0.462. The fourth-order valence-corrected chi connectivity index (χ4v) is 2.10. The zero-order valence-corrected chi connectivity index (χ0v) is 11.4. The van der Waals surface area contributed by atoms with Crippen molar-refractivity contribution < 1.29 is 9.53 Å². The lowest BCUT2D eigenvalue weighted by atomic mass is 10.2. The number of carbonyl (C=O) groups excluding carboxylic acids is 1. The molecule has 1 aromatic rings. The summed E-state index contributed by atoms with van der Waals surface area (Å²) in [4.78, 5) is 14.2. The van der Waals surface area contributed by atoms with Gasteiger partial charge in [-0.2, -0.15) is 0 Å². The third-order valence-electron chi connectivity index (χ3n) is 3.08. The molecule has 0 aromatic heterocycles. The van der Waals surface area contributed by atoms with E-state index in [9.17, 15) is 4.79 Å². The summed E-state index contributed by atoms with van der Waals surface area (Å²) in [7, 11) is 0. The first-order valence-corrected chi connectivity index (χ1v) is 6.68. The van der Waals surface area contributed by atoms with Gasteiger partial charge in [0.1, 0.15) is 0 Å². The number of hydrogen-bond acceptors (Lipinski definition) is 4. The van der Waals surface area contributed by atoms with E-state index in [2.05, 4.69) is 10.2 Å². The summed E-state index contributed by atoms with van der Waals surface area (Å²) in [6.07, 6.45) is 0. The molecular weight excluding hydrogens is 266 g/mol. The highest BCUT2D eigenvalue weighted by Crippen LogP contribution is 2.19. The predicted molar refractivity (Wildman–Crippen MR) is 75.5 cm³/mol. The minimum absolute atomic E-state index is 0.129. The zero-order valence-electron chi connectivity index (χ0n) is 10.7. The van der Waals surface area contributed by atoms with Gasteiger partial charge in [0.25, 0.3) is 5.91 Å². The average molecular weight is 284 g/mol. The number of rotatable bonds is 4. The van der Waals surface area contributed by atoms with Crippen molar-refractivity contribution in [2.75, 3.05) is 45.1 Å². The van der Waals surface area contributed by atoms with Crippen molar-refractivity contribution in [1.29, 1.82) is 0 Å². The smallest absolute Gasteiger partial charge is 0.251 e. The Morgan fingerprint density at radius 2 is 2.16 bits per heavy atom. The van der Waals surface area contributed by atoms with Crippen molar-refractivity contribution in [2.24, 2.45) is 0 Å². The molecule has 0 aliphatic carbocycles. The van der Waals surface area contributed by atoms with Gasteiger partial charge in [0.2, 0.25) is 0 Å². The standard InChI is InChI=1S/C13H18ClN3O2/c14-11-9-10(1-2-12(11)15)13(18)16-3-4-17-5-7-19-8-6-17/h1-2,9H,3-8,15H2,(H,16,18). The number of hydrogen-bond donors (Lipinski definition) is 2. The van der Waals surface area contributed by atoms with Gasteiger partial charge in [0.15, 0.2) is 0 Å². The third-order valence-corrected chi connectivity index (χ3v) is 3.41. The number of halogens is 1. The second-order valence-corrected chi connectivity index (χ2v) is 4.85.